The van der Waals surface area contributed by atoms with Crippen LogP contribution < -0.4 is 0 Å². The van der Waals surface area contributed by atoms with Crippen LogP contribution in [0.2, 0.25) is 0 Å². The fourth-order valence-electron chi connectivity index (χ4n) is 3.60. The van der Waals surface area contributed by atoms with Crippen LogP contribution in [0, 0.1) is 0 Å². The summed E-state index contributed by atoms with van der Waals surface area (Å²) in [5, 5.41) is 0. The predicted octanol–water partition coefficient (Wildman–Crippen LogP) is 10.0. The maximum absolute atomic E-state index is 13.3. The summed E-state index contributed by atoms with van der Waals surface area (Å²) in [6.07, 6.45) is 9.86. The number of unbranched alkanes of at least 4 members (excludes halogenated alkanes) is 4. The molecule has 0 bridgehead atoms. The Bertz CT molecular complexity index is 1050. The zero-order valence-corrected chi connectivity index (χ0v) is 24.8. The Labute approximate surface area is 229 Å². The van der Waals surface area contributed by atoms with E-state index in [9.17, 15) is 4.79 Å². The maximum Gasteiger partial charge on any atom is 0.210 e. The minimum absolute atomic E-state index is 0.105. The molecule has 2 aliphatic heterocycles. The maximum atomic E-state index is 13.3. The summed E-state index contributed by atoms with van der Waals surface area (Å²) in [5.74, 6) is 2.51. The molecule has 4 rings (SSSR count). The van der Waals surface area contributed by atoms with Gasteiger partial charge in [-0.05, 0) is 24.3 Å². The molecule has 2 nitrogen and oxygen atoms in total. The highest BCUT2D eigenvalue weighted by molar-refractivity contribution is 8.42. The molecule has 34 heavy (non-hydrogen) atoms. The van der Waals surface area contributed by atoms with Crippen molar-refractivity contribution in [1.82, 2.24) is 4.57 Å². The van der Waals surface area contributed by atoms with Gasteiger partial charge in [-0.2, -0.15) is 0 Å². The molecule has 2 aromatic rings. The van der Waals surface area contributed by atoms with Gasteiger partial charge < -0.3 is 4.57 Å². The minimum atomic E-state index is 0.105. The first kappa shape index (κ1) is 26.8. The third-order valence-corrected chi connectivity index (χ3v) is 14.2. The van der Waals surface area contributed by atoms with Crippen LogP contribution >= 0.6 is 70.6 Å². The van der Waals surface area contributed by atoms with Crippen molar-refractivity contribution in [2.45, 2.75) is 62.2 Å². The highest BCUT2D eigenvalue weighted by Gasteiger charge is 2.33. The van der Waals surface area contributed by atoms with Gasteiger partial charge >= 0.3 is 0 Å². The van der Waals surface area contributed by atoms with Crippen molar-refractivity contribution >= 4 is 76.4 Å². The van der Waals surface area contributed by atoms with Crippen LogP contribution in [-0.2, 0) is 7.05 Å². The van der Waals surface area contributed by atoms with Crippen LogP contribution in [-0.4, -0.2) is 21.9 Å². The number of thioether (sulfide) groups is 6. The number of carbonyl (C=O) groups is 1. The van der Waals surface area contributed by atoms with Crippen LogP contribution in [0.3, 0.4) is 0 Å². The molecular weight excluding hydrogens is 535 g/mol. The smallest absolute Gasteiger partial charge is 0.210 e. The Morgan fingerprint density at radius 2 is 1.41 bits per heavy atom. The van der Waals surface area contributed by atoms with Crippen LogP contribution in [0.25, 0.3) is 0 Å². The van der Waals surface area contributed by atoms with Gasteiger partial charge in [0.05, 0.1) is 21.8 Å². The van der Waals surface area contributed by atoms with Gasteiger partial charge in [-0.3, -0.25) is 4.79 Å². The lowest BCUT2D eigenvalue weighted by atomic mass is 10.1. The highest BCUT2D eigenvalue weighted by atomic mass is 32.3. The number of ketones is 1. The average Bonchev–Trinajstić information content (AvgIpc) is 3.52. The summed E-state index contributed by atoms with van der Waals surface area (Å²) in [6.45, 7) is 4.54. The molecule has 1 aromatic heterocycles. The molecule has 0 saturated heterocycles. The zero-order valence-electron chi connectivity index (χ0n) is 19.9. The van der Waals surface area contributed by atoms with Crippen molar-refractivity contribution in [3.8, 4) is 0 Å². The minimum Gasteiger partial charge on any atom is -0.346 e. The quantitative estimate of drug-likeness (QED) is 0.186. The number of hydrogen-bond donors (Lipinski definition) is 0. The second-order valence-corrected chi connectivity index (χ2v) is 15.5. The van der Waals surface area contributed by atoms with Gasteiger partial charge in [0.2, 0.25) is 5.78 Å². The molecule has 0 unspecified atom stereocenters. The average molecular weight is 566 g/mol. The molecule has 0 saturated carbocycles. The van der Waals surface area contributed by atoms with Crippen molar-refractivity contribution in [2.24, 2.45) is 7.05 Å². The molecule has 0 radical (unpaired) electrons. The van der Waals surface area contributed by atoms with Gasteiger partial charge in [0, 0.05) is 23.7 Å². The first-order valence-electron chi connectivity index (χ1n) is 11.9. The molecule has 182 valence electrons. The van der Waals surface area contributed by atoms with E-state index in [-0.39, 0.29) is 5.78 Å². The first-order valence-corrected chi connectivity index (χ1v) is 17.1. The molecule has 0 fully saturated rings. The monoisotopic (exact) mass is 565 g/mol. The van der Waals surface area contributed by atoms with Crippen LogP contribution in [0.4, 0.5) is 0 Å². The summed E-state index contributed by atoms with van der Waals surface area (Å²) in [5.41, 5.74) is 1.56. The Morgan fingerprint density at radius 3 is 2.00 bits per heavy atom. The normalized spacial score (nSPS) is 15.5. The number of nitrogens with zero attached hydrogens (tertiary/aromatic N) is 1. The van der Waals surface area contributed by atoms with Gasteiger partial charge in [-0.15, -0.1) is 23.5 Å². The molecule has 0 N–H and O–H groups in total. The van der Waals surface area contributed by atoms with E-state index in [1.807, 2.05) is 101 Å². The van der Waals surface area contributed by atoms with Crippen LogP contribution in [0.1, 0.15) is 68.4 Å². The second-order valence-electron chi connectivity index (χ2n) is 8.15. The summed E-state index contributed by atoms with van der Waals surface area (Å²) < 4.78 is 7.70. The molecule has 0 amide bonds. The largest absolute Gasteiger partial charge is 0.346 e. The van der Waals surface area contributed by atoms with Crippen molar-refractivity contribution in [1.29, 1.82) is 0 Å². The third-order valence-electron chi connectivity index (χ3n) is 5.42. The molecule has 0 spiro atoms. The summed E-state index contributed by atoms with van der Waals surface area (Å²) in [4.78, 5) is 15.6. The van der Waals surface area contributed by atoms with Gasteiger partial charge in [0.25, 0.3) is 0 Å². The number of rotatable bonds is 12. The molecule has 0 atom stereocenters. The van der Waals surface area contributed by atoms with Gasteiger partial charge in [-0.25, -0.2) is 0 Å². The van der Waals surface area contributed by atoms with E-state index in [4.69, 9.17) is 0 Å². The lowest BCUT2D eigenvalue weighted by Crippen LogP contribution is -2.07. The topological polar surface area (TPSA) is 22.0 Å². The van der Waals surface area contributed by atoms with E-state index in [0.717, 1.165) is 16.2 Å². The highest BCUT2D eigenvalue weighted by Crippen LogP contribution is 2.64. The van der Waals surface area contributed by atoms with E-state index in [1.165, 1.54) is 71.9 Å². The number of hydrogen-bond acceptors (Lipinski definition) is 7. The van der Waals surface area contributed by atoms with Gasteiger partial charge in [0.15, 0.2) is 0 Å². The molecule has 3 heterocycles. The van der Waals surface area contributed by atoms with E-state index >= 15 is 0 Å². The number of aromatic nitrogens is 1. The first-order chi connectivity index (χ1) is 16.6. The Hall–Kier alpha value is -0.250. The predicted molar refractivity (Wildman–Crippen MR) is 160 cm³/mol. The van der Waals surface area contributed by atoms with Gasteiger partial charge in [0.1, 0.15) is 5.69 Å². The summed E-state index contributed by atoms with van der Waals surface area (Å²) in [7, 11) is 1.99. The summed E-state index contributed by atoms with van der Waals surface area (Å²) >= 11 is 11.6. The fraction of sp³-hybridized carbons (Fsp3) is 0.423. The van der Waals surface area contributed by atoms with Crippen LogP contribution in [0.5, 0.6) is 0 Å². The zero-order chi connectivity index (χ0) is 23.9. The molecule has 1 aromatic carbocycles. The lowest BCUT2D eigenvalue weighted by Gasteiger charge is -2.07. The Kier molecular flexibility index (Phi) is 10.5. The van der Waals surface area contributed by atoms with Gasteiger partial charge in [-0.1, -0.05) is 117 Å². The van der Waals surface area contributed by atoms with E-state index in [1.54, 1.807) is 11.8 Å². The van der Waals surface area contributed by atoms with E-state index in [0.29, 0.717) is 0 Å². The lowest BCUT2D eigenvalue weighted by molar-refractivity contribution is 0.102. The molecule has 8 heteroatoms. The van der Waals surface area contributed by atoms with Crippen LogP contribution in [0.15, 0.2) is 63.3 Å². The number of carbonyl (C=O) groups excluding carboxylic acids is 1. The molecule has 0 aliphatic carbocycles. The van der Waals surface area contributed by atoms with Crippen molar-refractivity contribution in [3.05, 3.63) is 64.7 Å². The Morgan fingerprint density at radius 1 is 0.824 bits per heavy atom. The van der Waals surface area contributed by atoms with Crippen molar-refractivity contribution in [3.63, 3.8) is 0 Å². The Balaban J connectivity index is 1.49. The number of benzene rings is 1. The third kappa shape index (κ3) is 6.54. The second kappa shape index (κ2) is 13.3. The summed E-state index contributed by atoms with van der Waals surface area (Å²) in [6, 6.07) is 9.64. The van der Waals surface area contributed by atoms with Crippen molar-refractivity contribution in [2.75, 3.05) is 11.5 Å². The SMILES string of the molecule is CCCCCSC1=C(SCCCCC)SC(=C2Sc3cn(C)c(C(=O)c4ccccc4)c3S2)S1. The molecular formula is C26H31NOS6. The molecule has 2 aliphatic rings. The van der Waals surface area contributed by atoms with E-state index in [2.05, 4.69) is 20.0 Å². The fourth-order valence-corrected chi connectivity index (χ4v) is 12.6. The standard InChI is InChI=1S/C26H31NOS6/c1-4-6-11-15-29-23-24(30-16-12-7-5-2)34-26(33-23)25-31-19-17-27(3)20(22(19)32-25)21(28)18-13-9-8-10-14-18/h8-10,13-14,17H,4-7,11-12,15-16H2,1-3H3. The van der Waals surface area contributed by atoms with Crippen molar-refractivity contribution < 1.29 is 4.79 Å². The van der Waals surface area contributed by atoms with E-state index < -0.39 is 0 Å². The number of aryl methyl sites for hydroxylation is 1. The number of fused-ring (bicyclic) bond motifs is 1.